The maximum Gasteiger partial charge on any atom is 0.327 e. The van der Waals surface area contributed by atoms with Crippen LogP contribution >= 0.6 is 0 Å². The molecule has 3 N–H and O–H groups in total. The first-order valence-corrected chi connectivity index (χ1v) is 4.33. The Morgan fingerprint density at radius 2 is 2.29 bits per heavy atom. The lowest BCUT2D eigenvalue weighted by Crippen LogP contribution is -2.27. The van der Waals surface area contributed by atoms with Crippen molar-refractivity contribution in [3.63, 3.8) is 0 Å². The van der Waals surface area contributed by atoms with Crippen molar-refractivity contribution in [1.29, 1.82) is 0 Å². The molecule has 0 amide bonds. The number of methoxy groups -OCH3 is 1. The quantitative estimate of drug-likeness (QED) is 0.561. The summed E-state index contributed by atoms with van der Waals surface area (Å²) >= 11 is 0. The van der Waals surface area contributed by atoms with Crippen LogP contribution in [0.3, 0.4) is 0 Å². The van der Waals surface area contributed by atoms with E-state index in [9.17, 15) is 4.79 Å². The first-order chi connectivity index (χ1) is 6.63. The number of anilines is 2. The molecule has 1 aromatic carbocycles. The molecule has 0 saturated carbocycles. The van der Waals surface area contributed by atoms with Gasteiger partial charge in [-0.2, -0.15) is 0 Å². The first kappa shape index (κ1) is 10.4. The van der Waals surface area contributed by atoms with E-state index in [1.54, 1.807) is 19.1 Å². The zero-order valence-electron chi connectivity index (χ0n) is 8.28. The number of nitrogens with two attached hydrogens (primary N) is 1. The Morgan fingerprint density at radius 1 is 1.57 bits per heavy atom. The molecule has 0 fully saturated rings. The predicted octanol–water partition coefficient (Wildman–Crippen LogP) is 1.24. The summed E-state index contributed by atoms with van der Waals surface area (Å²) in [5, 5.41) is 2.98. The molecule has 0 saturated heterocycles. The molecule has 1 unspecified atom stereocenters. The minimum Gasteiger partial charge on any atom is -0.467 e. The molecule has 4 heteroatoms. The molecule has 0 aliphatic carbocycles. The van der Waals surface area contributed by atoms with Crippen LogP contribution in [0.1, 0.15) is 6.92 Å². The largest absolute Gasteiger partial charge is 0.467 e. The maximum atomic E-state index is 11.1. The molecular formula is C10H14N2O2. The lowest BCUT2D eigenvalue weighted by Gasteiger charge is -2.12. The molecule has 4 nitrogen and oxygen atoms in total. The van der Waals surface area contributed by atoms with Crippen molar-refractivity contribution in [3.8, 4) is 0 Å². The smallest absolute Gasteiger partial charge is 0.327 e. The van der Waals surface area contributed by atoms with E-state index in [1.165, 1.54) is 7.11 Å². The highest BCUT2D eigenvalue weighted by atomic mass is 16.5. The van der Waals surface area contributed by atoms with Gasteiger partial charge in [-0.25, -0.2) is 4.79 Å². The first-order valence-electron chi connectivity index (χ1n) is 4.33. The number of rotatable bonds is 3. The highest BCUT2D eigenvalue weighted by Gasteiger charge is 2.11. The fourth-order valence-electron chi connectivity index (χ4n) is 1.11. The van der Waals surface area contributed by atoms with Gasteiger partial charge in [0.05, 0.1) is 7.11 Å². The number of esters is 1. The van der Waals surface area contributed by atoms with Crippen LogP contribution in [0.15, 0.2) is 24.3 Å². The van der Waals surface area contributed by atoms with Gasteiger partial charge in [-0.05, 0) is 25.1 Å². The van der Waals surface area contributed by atoms with Crippen LogP contribution < -0.4 is 11.1 Å². The molecular weight excluding hydrogens is 180 g/mol. The van der Waals surface area contributed by atoms with Crippen molar-refractivity contribution >= 4 is 17.3 Å². The third-order valence-corrected chi connectivity index (χ3v) is 1.82. The Balaban J connectivity index is 2.64. The topological polar surface area (TPSA) is 64.3 Å². The van der Waals surface area contributed by atoms with Crippen LogP contribution in [-0.4, -0.2) is 19.1 Å². The van der Waals surface area contributed by atoms with Gasteiger partial charge in [-0.15, -0.1) is 0 Å². The van der Waals surface area contributed by atoms with Gasteiger partial charge in [-0.3, -0.25) is 0 Å². The van der Waals surface area contributed by atoms with Crippen molar-refractivity contribution in [2.24, 2.45) is 0 Å². The number of carbonyl (C=O) groups is 1. The van der Waals surface area contributed by atoms with Crippen LogP contribution in [0.25, 0.3) is 0 Å². The van der Waals surface area contributed by atoms with Crippen molar-refractivity contribution in [2.75, 3.05) is 18.2 Å². The maximum absolute atomic E-state index is 11.1. The number of nitrogens with one attached hydrogen (secondary N) is 1. The molecule has 0 spiro atoms. The van der Waals surface area contributed by atoms with Gasteiger partial charge in [0.15, 0.2) is 0 Å². The monoisotopic (exact) mass is 194 g/mol. The average molecular weight is 194 g/mol. The lowest BCUT2D eigenvalue weighted by atomic mass is 10.2. The number of ether oxygens (including phenoxy) is 1. The van der Waals surface area contributed by atoms with Gasteiger partial charge in [0.1, 0.15) is 6.04 Å². The molecule has 0 heterocycles. The standard InChI is InChI=1S/C10H14N2O2/c1-7(10(13)14-2)12-9-5-3-4-8(11)6-9/h3-7,12H,11H2,1-2H3. The molecule has 14 heavy (non-hydrogen) atoms. The van der Waals surface area contributed by atoms with E-state index in [4.69, 9.17) is 5.73 Å². The minimum absolute atomic E-state index is 0.299. The summed E-state index contributed by atoms with van der Waals surface area (Å²) in [5.74, 6) is -0.299. The van der Waals surface area contributed by atoms with E-state index < -0.39 is 0 Å². The Hall–Kier alpha value is -1.71. The minimum atomic E-state index is -0.373. The van der Waals surface area contributed by atoms with E-state index >= 15 is 0 Å². The van der Waals surface area contributed by atoms with E-state index in [1.807, 2.05) is 12.1 Å². The summed E-state index contributed by atoms with van der Waals surface area (Å²) in [6, 6.07) is 6.84. The van der Waals surface area contributed by atoms with Crippen molar-refractivity contribution in [3.05, 3.63) is 24.3 Å². The van der Waals surface area contributed by atoms with Crippen LogP contribution in [0.2, 0.25) is 0 Å². The summed E-state index contributed by atoms with van der Waals surface area (Å²) in [7, 11) is 1.36. The Kier molecular flexibility index (Phi) is 3.34. The fraction of sp³-hybridized carbons (Fsp3) is 0.300. The van der Waals surface area contributed by atoms with Crippen LogP contribution in [0.5, 0.6) is 0 Å². The van der Waals surface area contributed by atoms with E-state index in [0.29, 0.717) is 5.69 Å². The third-order valence-electron chi connectivity index (χ3n) is 1.82. The molecule has 0 aliphatic heterocycles. The van der Waals surface area contributed by atoms with Gasteiger partial charge >= 0.3 is 5.97 Å². The summed E-state index contributed by atoms with van der Waals surface area (Å²) in [6.07, 6.45) is 0. The average Bonchev–Trinajstić information content (AvgIpc) is 2.16. The van der Waals surface area contributed by atoms with Crippen molar-refractivity contribution < 1.29 is 9.53 Å². The second kappa shape index (κ2) is 4.50. The van der Waals surface area contributed by atoms with Crippen LogP contribution in [0.4, 0.5) is 11.4 Å². The highest BCUT2D eigenvalue weighted by Crippen LogP contribution is 2.12. The van der Waals surface area contributed by atoms with Crippen molar-refractivity contribution in [2.45, 2.75) is 13.0 Å². The Labute approximate surface area is 83.1 Å². The molecule has 76 valence electrons. The molecule has 0 aliphatic rings. The van der Waals surface area contributed by atoms with Gasteiger partial charge in [0.2, 0.25) is 0 Å². The van der Waals surface area contributed by atoms with Gasteiger partial charge in [0.25, 0.3) is 0 Å². The van der Waals surface area contributed by atoms with Gasteiger partial charge in [0, 0.05) is 11.4 Å². The Morgan fingerprint density at radius 3 is 2.86 bits per heavy atom. The summed E-state index contributed by atoms with van der Waals surface area (Å²) in [6.45, 7) is 1.73. The van der Waals surface area contributed by atoms with Crippen LogP contribution in [-0.2, 0) is 9.53 Å². The summed E-state index contributed by atoms with van der Waals surface area (Å²) in [5.41, 5.74) is 7.05. The van der Waals surface area contributed by atoms with E-state index in [0.717, 1.165) is 5.69 Å². The van der Waals surface area contributed by atoms with Crippen molar-refractivity contribution in [1.82, 2.24) is 0 Å². The summed E-state index contributed by atoms with van der Waals surface area (Å²) in [4.78, 5) is 11.1. The zero-order valence-corrected chi connectivity index (χ0v) is 8.28. The molecule has 1 atom stereocenters. The normalized spacial score (nSPS) is 11.9. The second-order valence-corrected chi connectivity index (χ2v) is 3.01. The molecule has 1 rings (SSSR count). The number of carbonyl (C=O) groups excluding carboxylic acids is 1. The van der Waals surface area contributed by atoms with Crippen LogP contribution in [0, 0.1) is 0 Å². The molecule has 0 radical (unpaired) electrons. The third kappa shape index (κ3) is 2.65. The zero-order chi connectivity index (χ0) is 10.6. The highest BCUT2D eigenvalue weighted by molar-refractivity contribution is 5.78. The van der Waals surface area contributed by atoms with Gasteiger partial charge in [-0.1, -0.05) is 6.07 Å². The predicted molar refractivity (Wildman–Crippen MR) is 56.0 cm³/mol. The Bertz CT molecular complexity index is 326. The number of hydrogen-bond donors (Lipinski definition) is 2. The second-order valence-electron chi connectivity index (χ2n) is 3.01. The fourth-order valence-corrected chi connectivity index (χ4v) is 1.11. The summed E-state index contributed by atoms with van der Waals surface area (Å²) < 4.78 is 4.58. The SMILES string of the molecule is COC(=O)C(C)Nc1cccc(N)c1. The molecule has 1 aromatic rings. The number of nitrogen functional groups attached to an aromatic ring is 1. The lowest BCUT2D eigenvalue weighted by molar-refractivity contribution is -0.141. The number of benzene rings is 1. The van der Waals surface area contributed by atoms with E-state index in [2.05, 4.69) is 10.1 Å². The van der Waals surface area contributed by atoms with Gasteiger partial charge < -0.3 is 15.8 Å². The molecule has 0 aromatic heterocycles. The molecule has 0 bridgehead atoms. The van der Waals surface area contributed by atoms with E-state index in [-0.39, 0.29) is 12.0 Å². The number of hydrogen-bond acceptors (Lipinski definition) is 4.